The van der Waals surface area contributed by atoms with E-state index in [0.29, 0.717) is 5.71 Å². The number of hydrogen-bond acceptors (Lipinski definition) is 3. The lowest BCUT2D eigenvalue weighted by Gasteiger charge is -2.06. The molecule has 0 aliphatic heterocycles. The van der Waals surface area contributed by atoms with Crippen LogP contribution in [0.5, 0.6) is 0 Å². The van der Waals surface area contributed by atoms with Gasteiger partial charge < -0.3 is 8.83 Å². The van der Waals surface area contributed by atoms with Crippen LogP contribution in [0.1, 0.15) is 47.9 Å². The maximum atomic E-state index is 6.59. The van der Waals surface area contributed by atoms with Gasteiger partial charge in [0.1, 0.15) is 0 Å². The van der Waals surface area contributed by atoms with Gasteiger partial charge in [-0.05, 0) is 50.1 Å². The first-order chi connectivity index (χ1) is 14.9. The minimum Gasteiger partial charge on any atom is -0.431 e. The molecular weight excluding hydrogens is 384 g/mol. The molecule has 0 amide bonds. The Labute approximate surface area is 182 Å². The highest BCUT2D eigenvalue weighted by molar-refractivity contribution is 6.06. The molecule has 4 nitrogen and oxygen atoms in total. The van der Waals surface area contributed by atoms with Gasteiger partial charge in [-0.3, -0.25) is 0 Å². The molecule has 4 heteroatoms. The van der Waals surface area contributed by atoms with E-state index in [9.17, 15) is 0 Å². The van der Waals surface area contributed by atoms with E-state index in [1.807, 2.05) is 6.07 Å². The molecule has 0 aliphatic rings. The SMILES string of the molecule is Cc1cccc(C)c1-c1oc(C(C)C)c(C)[n+]1-c1c(C)ccc2c1oc1ncccc12. The number of oxazole rings is 1. The lowest BCUT2D eigenvalue weighted by molar-refractivity contribution is -0.592. The van der Waals surface area contributed by atoms with Gasteiger partial charge in [0.2, 0.25) is 17.0 Å². The summed E-state index contributed by atoms with van der Waals surface area (Å²) < 4.78 is 15.2. The summed E-state index contributed by atoms with van der Waals surface area (Å²) in [5, 5.41) is 2.09. The van der Waals surface area contributed by atoms with Gasteiger partial charge in [0.05, 0.1) is 5.56 Å². The average Bonchev–Trinajstić information content (AvgIpc) is 3.26. The first-order valence-corrected chi connectivity index (χ1v) is 10.8. The highest BCUT2D eigenvalue weighted by Gasteiger charge is 2.35. The van der Waals surface area contributed by atoms with Crippen molar-refractivity contribution in [2.45, 2.75) is 47.5 Å². The molecule has 0 fully saturated rings. The third-order valence-electron chi connectivity index (χ3n) is 6.14. The van der Waals surface area contributed by atoms with Crippen LogP contribution >= 0.6 is 0 Å². The zero-order valence-electron chi connectivity index (χ0n) is 18.9. The van der Waals surface area contributed by atoms with Gasteiger partial charge in [-0.25, -0.2) is 4.98 Å². The van der Waals surface area contributed by atoms with Crippen molar-refractivity contribution >= 4 is 22.1 Å². The molecule has 5 aromatic rings. The zero-order chi connectivity index (χ0) is 21.9. The van der Waals surface area contributed by atoms with Crippen molar-refractivity contribution in [3.8, 4) is 17.1 Å². The average molecular weight is 412 g/mol. The molecule has 156 valence electrons. The van der Waals surface area contributed by atoms with Crippen LogP contribution in [-0.2, 0) is 0 Å². The summed E-state index contributed by atoms with van der Waals surface area (Å²) in [6, 6.07) is 14.7. The predicted octanol–water partition coefficient (Wildman–Crippen LogP) is 6.87. The number of hydrogen-bond donors (Lipinski definition) is 0. The summed E-state index contributed by atoms with van der Waals surface area (Å²) in [5.41, 5.74) is 8.24. The van der Waals surface area contributed by atoms with Crippen molar-refractivity contribution in [2.24, 2.45) is 0 Å². The first kappa shape index (κ1) is 19.6. The van der Waals surface area contributed by atoms with Crippen molar-refractivity contribution in [1.29, 1.82) is 0 Å². The molecule has 0 saturated carbocycles. The minimum absolute atomic E-state index is 0.265. The third kappa shape index (κ3) is 2.89. The third-order valence-corrected chi connectivity index (χ3v) is 6.14. The minimum atomic E-state index is 0.265. The summed E-state index contributed by atoms with van der Waals surface area (Å²) in [4.78, 5) is 4.45. The van der Waals surface area contributed by atoms with Crippen LogP contribution in [0.3, 0.4) is 0 Å². The van der Waals surface area contributed by atoms with E-state index in [1.165, 1.54) is 11.1 Å². The number of aryl methyl sites for hydroxylation is 3. The van der Waals surface area contributed by atoms with Crippen molar-refractivity contribution in [3.63, 3.8) is 0 Å². The highest BCUT2D eigenvalue weighted by Crippen LogP contribution is 2.36. The summed E-state index contributed by atoms with van der Waals surface area (Å²) in [6.07, 6.45) is 1.77. The van der Waals surface area contributed by atoms with E-state index in [1.54, 1.807) is 6.20 Å². The van der Waals surface area contributed by atoms with Gasteiger partial charge in [0.15, 0.2) is 5.76 Å². The highest BCUT2D eigenvalue weighted by atomic mass is 16.4. The van der Waals surface area contributed by atoms with Crippen molar-refractivity contribution in [2.75, 3.05) is 0 Å². The molecule has 0 aliphatic carbocycles. The summed E-state index contributed by atoms with van der Waals surface area (Å²) in [6.45, 7) is 12.9. The molecule has 0 spiro atoms. The Morgan fingerprint density at radius 3 is 2.26 bits per heavy atom. The lowest BCUT2D eigenvalue weighted by atomic mass is 10.0. The second-order valence-electron chi connectivity index (χ2n) is 8.68. The number of benzene rings is 2. The Hall–Kier alpha value is -3.40. The van der Waals surface area contributed by atoms with Gasteiger partial charge in [0, 0.05) is 35.4 Å². The predicted molar refractivity (Wildman–Crippen MR) is 124 cm³/mol. The lowest BCUT2D eigenvalue weighted by Crippen LogP contribution is -2.36. The van der Waals surface area contributed by atoms with E-state index in [0.717, 1.165) is 50.5 Å². The monoisotopic (exact) mass is 411 g/mol. The number of nitrogens with zero attached hydrogens (tertiary/aromatic N) is 2. The molecule has 0 bridgehead atoms. The fourth-order valence-corrected chi connectivity index (χ4v) is 4.64. The van der Waals surface area contributed by atoms with E-state index < -0.39 is 0 Å². The quantitative estimate of drug-likeness (QED) is 0.304. The van der Waals surface area contributed by atoms with Gasteiger partial charge >= 0.3 is 5.89 Å². The second-order valence-corrected chi connectivity index (χ2v) is 8.68. The van der Waals surface area contributed by atoms with Crippen molar-refractivity contribution in [1.82, 2.24) is 4.98 Å². The molecule has 0 saturated heterocycles. The smallest absolute Gasteiger partial charge is 0.387 e. The van der Waals surface area contributed by atoms with Crippen LogP contribution in [0.4, 0.5) is 0 Å². The van der Waals surface area contributed by atoms with Crippen molar-refractivity contribution in [3.05, 3.63) is 76.8 Å². The summed E-state index contributed by atoms with van der Waals surface area (Å²) >= 11 is 0. The van der Waals surface area contributed by atoms with Crippen LogP contribution in [0, 0.1) is 27.7 Å². The number of aromatic nitrogens is 2. The van der Waals surface area contributed by atoms with Crippen LogP contribution in [-0.4, -0.2) is 4.98 Å². The first-order valence-electron chi connectivity index (χ1n) is 10.8. The number of rotatable bonds is 3. The molecule has 3 aromatic heterocycles. The summed E-state index contributed by atoms with van der Waals surface area (Å²) in [5.74, 6) is 2.10. The Morgan fingerprint density at radius 2 is 1.55 bits per heavy atom. The van der Waals surface area contributed by atoms with Crippen LogP contribution < -0.4 is 4.57 Å². The molecule has 5 rings (SSSR count). The Balaban J connectivity index is 1.94. The summed E-state index contributed by atoms with van der Waals surface area (Å²) in [7, 11) is 0. The fraction of sp³-hybridized carbons (Fsp3) is 0.259. The molecule has 31 heavy (non-hydrogen) atoms. The normalized spacial score (nSPS) is 11.8. The fourth-order valence-electron chi connectivity index (χ4n) is 4.64. The van der Waals surface area contributed by atoms with Gasteiger partial charge in [-0.15, -0.1) is 4.57 Å². The van der Waals surface area contributed by atoms with Gasteiger partial charge in [0.25, 0.3) is 5.69 Å². The van der Waals surface area contributed by atoms with E-state index in [2.05, 4.69) is 87.5 Å². The van der Waals surface area contributed by atoms with Crippen LogP contribution in [0.2, 0.25) is 0 Å². The van der Waals surface area contributed by atoms with E-state index >= 15 is 0 Å². The van der Waals surface area contributed by atoms with Crippen LogP contribution in [0.15, 0.2) is 57.5 Å². The van der Waals surface area contributed by atoms with E-state index in [-0.39, 0.29) is 5.92 Å². The number of pyridine rings is 1. The molecule has 2 aromatic carbocycles. The second kappa shape index (κ2) is 7.09. The molecule has 0 atom stereocenters. The number of fused-ring (bicyclic) bond motifs is 3. The van der Waals surface area contributed by atoms with Gasteiger partial charge in [-0.1, -0.05) is 38.1 Å². The maximum Gasteiger partial charge on any atom is 0.387 e. The molecule has 0 radical (unpaired) electrons. The Bertz CT molecular complexity index is 1430. The van der Waals surface area contributed by atoms with E-state index in [4.69, 9.17) is 8.83 Å². The number of furan rings is 1. The largest absolute Gasteiger partial charge is 0.431 e. The molecule has 0 N–H and O–H groups in total. The van der Waals surface area contributed by atoms with Crippen molar-refractivity contribution < 1.29 is 13.4 Å². The Kier molecular flexibility index (Phi) is 4.47. The maximum absolute atomic E-state index is 6.59. The molecule has 0 unspecified atom stereocenters. The Morgan fingerprint density at radius 1 is 0.806 bits per heavy atom. The molecular formula is C27H27N2O2+. The zero-order valence-corrected chi connectivity index (χ0v) is 18.9. The van der Waals surface area contributed by atoms with Gasteiger partial charge in [-0.2, -0.15) is 0 Å². The topological polar surface area (TPSA) is 43.0 Å². The van der Waals surface area contributed by atoms with Crippen LogP contribution in [0.25, 0.3) is 39.2 Å². The standard InChI is InChI=1S/C27H27N2O2/c1-15(2)24-19(6)29(27(31-24)22-16(3)9-7-10-17(22)4)23-18(5)12-13-20-21-11-8-14-28-26(21)30-25(20)23/h7-15H,1-6H3/q+1. The molecule has 3 heterocycles.